The smallest absolute Gasteiger partial charge is 0.257 e. The van der Waals surface area contributed by atoms with E-state index in [2.05, 4.69) is 43.1 Å². The standard InChI is InChI=1S/C17H19BrN4O/c1-21-8-10-22(11-9-21)16-7-2-13(12-19-16)17(23)20-15-5-3-14(18)4-6-15/h2-7,12H,8-11H2,1H3,(H,20,23). The van der Waals surface area contributed by atoms with Crippen molar-refractivity contribution in [3.63, 3.8) is 0 Å². The summed E-state index contributed by atoms with van der Waals surface area (Å²) in [4.78, 5) is 21.2. The Morgan fingerprint density at radius 3 is 2.39 bits per heavy atom. The SMILES string of the molecule is CN1CCN(c2ccc(C(=O)Nc3ccc(Br)cc3)cn2)CC1. The normalized spacial score (nSPS) is 15.5. The highest BCUT2D eigenvalue weighted by molar-refractivity contribution is 9.10. The number of carbonyl (C=O) groups excluding carboxylic acids is 1. The number of halogens is 1. The van der Waals surface area contributed by atoms with Crippen LogP contribution in [-0.4, -0.2) is 49.0 Å². The third kappa shape index (κ3) is 4.09. The Hall–Kier alpha value is -1.92. The fraction of sp³-hybridized carbons (Fsp3) is 0.294. The summed E-state index contributed by atoms with van der Waals surface area (Å²) in [7, 11) is 2.13. The van der Waals surface area contributed by atoms with Gasteiger partial charge in [0.25, 0.3) is 5.91 Å². The van der Waals surface area contributed by atoms with Gasteiger partial charge in [0.05, 0.1) is 5.56 Å². The predicted octanol–water partition coefficient (Wildman–Crippen LogP) is 2.85. The summed E-state index contributed by atoms with van der Waals surface area (Å²) in [6.07, 6.45) is 1.64. The summed E-state index contributed by atoms with van der Waals surface area (Å²) >= 11 is 3.38. The maximum atomic E-state index is 12.2. The number of hydrogen-bond acceptors (Lipinski definition) is 4. The van der Waals surface area contributed by atoms with Crippen LogP contribution < -0.4 is 10.2 Å². The molecular formula is C17H19BrN4O. The van der Waals surface area contributed by atoms with Crippen LogP contribution in [0, 0.1) is 0 Å². The van der Waals surface area contributed by atoms with Gasteiger partial charge in [0, 0.05) is 42.5 Å². The van der Waals surface area contributed by atoms with Crippen LogP contribution >= 0.6 is 15.9 Å². The van der Waals surface area contributed by atoms with Crippen LogP contribution in [0.2, 0.25) is 0 Å². The van der Waals surface area contributed by atoms with Crippen molar-refractivity contribution in [3.8, 4) is 0 Å². The van der Waals surface area contributed by atoms with E-state index in [9.17, 15) is 4.79 Å². The largest absolute Gasteiger partial charge is 0.354 e. The molecule has 0 bridgehead atoms. The summed E-state index contributed by atoms with van der Waals surface area (Å²) in [5.41, 5.74) is 1.33. The third-order valence-corrected chi connectivity index (χ3v) is 4.47. The Labute approximate surface area is 144 Å². The lowest BCUT2D eigenvalue weighted by Crippen LogP contribution is -2.44. The molecule has 0 spiro atoms. The van der Waals surface area contributed by atoms with Crippen LogP contribution in [0.15, 0.2) is 47.1 Å². The third-order valence-electron chi connectivity index (χ3n) is 3.94. The molecule has 120 valence electrons. The average molecular weight is 375 g/mol. The van der Waals surface area contributed by atoms with Crippen molar-refractivity contribution in [3.05, 3.63) is 52.6 Å². The van der Waals surface area contributed by atoms with Gasteiger partial charge in [-0.3, -0.25) is 4.79 Å². The first kappa shape index (κ1) is 16.0. The van der Waals surface area contributed by atoms with Gasteiger partial charge < -0.3 is 15.1 Å². The second kappa shape index (κ2) is 7.10. The highest BCUT2D eigenvalue weighted by Crippen LogP contribution is 2.17. The first-order valence-electron chi connectivity index (χ1n) is 7.58. The molecule has 2 heterocycles. The van der Waals surface area contributed by atoms with Crippen molar-refractivity contribution in [2.75, 3.05) is 43.4 Å². The maximum absolute atomic E-state index is 12.2. The Morgan fingerprint density at radius 1 is 1.09 bits per heavy atom. The van der Waals surface area contributed by atoms with Crippen molar-refractivity contribution in [2.24, 2.45) is 0 Å². The van der Waals surface area contributed by atoms with Crippen LogP contribution in [0.4, 0.5) is 11.5 Å². The van der Waals surface area contributed by atoms with Crippen LogP contribution in [0.1, 0.15) is 10.4 Å². The van der Waals surface area contributed by atoms with Crippen LogP contribution in [0.5, 0.6) is 0 Å². The van der Waals surface area contributed by atoms with Gasteiger partial charge in [-0.15, -0.1) is 0 Å². The number of aromatic nitrogens is 1. The molecule has 3 rings (SSSR count). The molecule has 2 aromatic rings. The van der Waals surface area contributed by atoms with Crippen LogP contribution in [0.25, 0.3) is 0 Å². The second-order valence-corrected chi connectivity index (χ2v) is 6.57. The monoisotopic (exact) mass is 374 g/mol. The molecule has 1 fully saturated rings. The van der Waals surface area contributed by atoms with Crippen molar-refractivity contribution in [1.82, 2.24) is 9.88 Å². The minimum Gasteiger partial charge on any atom is -0.354 e. The molecule has 1 saturated heterocycles. The number of nitrogens with one attached hydrogen (secondary N) is 1. The molecule has 1 N–H and O–H groups in total. The molecule has 0 saturated carbocycles. The minimum atomic E-state index is -0.148. The van der Waals surface area contributed by atoms with E-state index in [-0.39, 0.29) is 5.91 Å². The lowest BCUT2D eigenvalue weighted by atomic mass is 10.2. The number of amides is 1. The lowest BCUT2D eigenvalue weighted by molar-refractivity contribution is 0.102. The van der Waals surface area contributed by atoms with E-state index < -0.39 is 0 Å². The molecule has 23 heavy (non-hydrogen) atoms. The Bertz CT molecular complexity index is 664. The van der Waals surface area contributed by atoms with Crippen molar-refractivity contribution >= 4 is 33.3 Å². The lowest BCUT2D eigenvalue weighted by Gasteiger charge is -2.33. The Balaban J connectivity index is 1.64. The number of pyridine rings is 1. The molecule has 0 unspecified atom stereocenters. The molecule has 1 aliphatic heterocycles. The maximum Gasteiger partial charge on any atom is 0.257 e. The zero-order valence-electron chi connectivity index (χ0n) is 13.0. The number of likely N-dealkylation sites (N-methyl/N-ethyl adjacent to an activating group) is 1. The van der Waals surface area contributed by atoms with Crippen molar-refractivity contribution in [2.45, 2.75) is 0 Å². The zero-order chi connectivity index (χ0) is 16.2. The zero-order valence-corrected chi connectivity index (χ0v) is 14.6. The fourth-order valence-corrected chi connectivity index (χ4v) is 2.74. The van der Waals surface area contributed by atoms with Crippen LogP contribution in [-0.2, 0) is 0 Å². The van der Waals surface area contributed by atoms with E-state index in [4.69, 9.17) is 0 Å². The molecule has 1 aromatic carbocycles. The molecule has 0 atom stereocenters. The Kier molecular flexibility index (Phi) is 4.93. The van der Waals surface area contributed by atoms with E-state index in [1.165, 1.54) is 0 Å². The van der Waals surface area contributed by atoms with Gasteiger partial charge >= 0.3 is 0 Å². The van der Waals surface area contributed by atoms with E-state index in [1.54, 1.807) is 6.20 Å². The van der Waals surface area contributed by atoms with Crippen molar-refractivity contribution < 1.29 is 4.79 Å². The van der Waals surface area contributed by atoms with Gasteiger partial charge in [-0.2, -0.15) is 0 Å². The van der Waals surface area contributed by atoms with Crippen molar-refractivity contribution in [1.29, 1.82) is 0 Å². The molecule has 6 heteroatoms. The summed E-state index contributed by atoms with van der Waals surface area (Å²) in [6.45, 7) is 4.00. The number of piperazine rings is 1. The average Bonchev–Trinajstić information content (AvgIpc) is 2.58. The first-order valence-corrected chi connectivity index (χ1v) is 8.37. The molecule has 1 aromatic heterocycles. The van der Waals surface area contributed by atoms with Crippen LogP contribution in [0.3, 0.4) is 0 Å². The van der Waals surface area contributed by atoms with E-state index in [1.807, 2.05) is 36.4 Å². The summed E-state index contributed by atoms with van der Waals surface area (Å²) in [5, 5.41) is 2.87. The molecule has 1 amide bonds. The molecule has 5 nitrogen and oxygen atoms in total. The number of hydrogen-bond donors (Lipinski definition) is 1. The second-order valence-electron chi connectivity index (χ2n) is 5.66. The number of nitrogens with zero attached hydrogens (tertiary/aromatic N) is 3. The summed E-state index contributed by atoms with van der Waals surface area (Å²) in [5.74, 6) is 0.781. The number of carbonyl (C=O) groups is 1. The van der Waals surface area contributed by atoms with E-state index in [0.29, 0.717) is 5.56 Å². The van der Waals surface area contributed by atoms with Gasteiger partial charge in [-0.05, 0) is 43.4 Å². The number of rotatable bonds is 3. The van der Waals surface area contributed by atoms with E-state index in [0.717, 1.165) is 42.2 Å². The highest BCUT2D eigenvalue weighted by atomic mass is 79.9. The quantitative estimate of drug-likeness (QED) is 0.897. The topological polar surface area (TPSA) is 48.5 Å². The molecular weight excluding hydrogens is 356 g/mol. The summed E-state index contributed by atoms with van der Waals surface area (Å²) in [6, 6.07) is 11.2. The van der Waals surface area contributed by atoms with Gasteiger partial charge in [0.1, 0.15) is 5.82 Å². The first-order chi connectivity index (χ1) is 11.1. The molecule has 0 radical (unpaired) electrons. The molecule has 1 aliphatic rings. The Morgan fingerprint density at radius 2 is 1.78 bits per heavy atom. The van der Waals surface area contributed by atoms with Gasteiger partial charge in [-0.1, -0.05) is 15.9 Å². The number of benzene rings is 1. The molecule has 0 aliphatic carbocycles. The summed E-state index contributed by atoms with van der Waals surface area (Å²) < 4.78 is 0.980. The minimum absolute atomic E-state index is 0.148. The highest BCUT2D eigenvalue weighted by Gasteiger charge is 2.15. The van der Waals surface area contributed by atoms with E-state index >= 15 is 0 Å². The van der Waals surface area contributed by atoms with Gasteiger partial charge in [-0.25, -0.2) is 4.98 Å². The number of anilines is 2. The van der Waals surface area contributed by atoms with Gasteiger partial charge in [0.2, 0.25) is 0 Å². The predicted molar refractivity (Wildman–Crippen MR) is 96.0 cm³/mol. The fourth-order valence-electron chi connectivity index (χ4n) is 2.48. The van der Waals surface area contributed by atoms with Gasteiger partial charge in [0.15, 0.2) is 0 Å².